The number of nitrogens with two attached hydrogens (primary N) is 1. The maximum Gasteiger partial charge on any atom is 0.143 e. The van der Waals surface area contributed by atoms with Crippen molar-refractivity contribution in [2.75, 3.05) is 44.8 Å². The van der Waals surface area contributed by atoms with Crippen LogP contribution in [-0.2, 0) is 0 Å². The third kappa shape index (κ3) is 3.62. The summed E-state index contributed by atoms with van der Waals surface area (Å²) < 4.78 is 5.16. The SMILES string of the molecule is CCN(C)CCNc1ccc(N)c(OC)c1. The Morgan fingerprint density at radius 1 is 1.44 bits per heavy atom. The molecule has 0 fully saturated rings. The Hall–Kier alpha value is -1.42. The standard InChI is InChI=1S/C12H21N3O/c1-4-15(2)8-7-14-10-5-6-11(13)12(9-10)16-3/h5-6,9,14H,4,7-8,13H2,1-3H3. The molecule has 0 radical (unpaired) electrons. The molecule has 16 heavy (non-hydrogen) atoms. The van der Waals surface area contributed by atoms with Gasteiger partial charge in [-0.15, -0.1) is 0 Å². The van der Waals surface area contributed by atoms with Gasteiger partial charge in [0.25, 0.3) is 0 Å². The third-order valence-electron chi connectivity index (χ3n) is 2.60. The highest BCUT2D eigenvalue weighted by atomic mass is 16.5. The van der Waals surface area contributed by atoms with Crippen LogP contribution in [0.5, 0.6) is 5.75 Å². The molecule has 0 aromatic heterocycles. The maximum atomic E-state index is 5.74. The van der Waals surface area contributed by atoms with E-state index in [1.54, 1.807) is 7.11 Å². The Morgan fingerprint density at radius 2 is 2.19 bits per heavy atom. The van der Waals surface area contributed by atoms with Crippen LogP contribution >= 0.6 is 0 Å². The number of nitrogen functional groups attached to an aromatic ring is 1. The third-order valence-corrected chi connectivity index (χ3v) is 2.60. The van der Waals surface area contributed by atoms with Crippen LogP contribution in [0.3, 0.4) is 0 Å². The Kier molecular flexibility index (Phi) is 4.92. The number of nitrogens with one attached hydrogen (secondary N) is 1. The van der Waals surface area contributed by atoms with Gasteiger partial charge in [-0.3, -0.25) is 0 Å². The quantitative estimate of drug-likeness (QED) is 0.720. The van der Waals surface area contributed by atoms with E-state index in [-0.39, 0.29) is 0 Å². The van der Waals surface area contributed by atoms with Gasteiger partial charge in [-0.2, -0.15) is 0 Å². The first kappa shape index (κ1) is 12.6. The minimum Gasteiger partial charge on any atom is -0.495 e. The Morgan fingerprint density at radius 3 is 2.81 bits per heavy atom. The van der Waals surface area contributed by atoms with Crippen molar-refractivity contribution in [1.82, 2.24) is 4.90 Å². The summed E-state index contributed by atoms with van der Waals surface area (Å²) in [6, 6.07) is 5.73. The van der Waals surface area contributed by atoms with E-state index in [1.165, 1.54) is 0 Å². The minimum absolute atomic E-state index is 0.665. The van der Waals surface area contributed by atoms with E-state index in [0.717, 1.165) is 25.3 Å². The van der Waals surface area contributed by atoms with Crippen molar-refractivity contribution in [2.24, 2.45) is 0 Å². The van der Waals surface area contributed by atoms with Gasteiger partial charge in [-0.1, -0.05) is 6.92 Å². The maximum absolute atomic E-state index is 5.74. The largest absolute Gasteiger partial charge is 0.495 e. The number of ether oxygens (including phenoxy) is 1. The molecule has 4 heteroatoms. The van der Waals surface area contributed by atoms with Crippen LogP contribution in [-0.4, -0.2) is 38.7 Å². The number of nitrogens with zero attached hydrogens (tertiary/aromatic N) is 1. The summed E-state index contributed by atoms with van der Waals surface area (Å²) in [7, 11) is 3.73. The van der Waals surface area contributed by atoms with E-state index < -0.39 is 0 Å². The Labute approximate surface area is 97.4 Å². The molecule has 0 unspecified atom stereocenters. The Bertz CT molecular complexity index is 328. The van der Waals surface area contributed by atoms with Crippen molar-refractivity contribution in [3.63, 3.8) is 0 Å². The number of methoxy groups -OCH3 is 1. The van der Waals surface area contributed by atoms with Gasteiger partial charge >= 0.3 is 0 Å². The average molecular weight is 223 g/mol. The minimum atomic E-state index is 0.665. The van der Waals surface area contributed by atoms with Crippen molar-refractivity contribution in [3.8, 4) is 5.75 Å². The molecule has 0 bridgehead atoms. The van der Waals surface area contributed by atoms with Gasteiger partial charge in [0.05, 0.1) is 12.8 Å². The zero-order valence-corrected chi connectivity index (χ0v) is 10.3. The molecule has 90 valence electrons. The molecule has 0 spiro atoms. The lowest BCUT2D eigenvalue weighted by molar-refractivity contribution is 0.367. The first-order valence-corrected chi connectivity index (χ1v) is 5.53. The molecule has 1 rings (SSSR count). The van der Waals surface area contributed by atoms with Crippen LogP contribution in [0.25, 0.3) is 0 Å². The Balaban J connectivity index is 2.48. The topological polar surface area (TPSA) is 50.5 Å². The van der Waals surface area contributed by atoms with Crippen LogP contribution < -0.4 is 15.8 Å². The van der Waals surface area contributed by atoms with Gasteiger partial charge < -0.3 is 20.7 Å². The number of anilines is 2. The predicted octanol–water partition coefficient (Wildman–Crippen LogP) is 1.64. The number of hydrogen-bond acceptors (Lipinski definition) is 4. The highest BCUT2D eigenvalue weighted by Crippen LogP contribution is 2.24. The molecule has 4 nitrogen and oxygen atoms in total. The molecule has 0 heterocycles. The molecular formula is C12H21N3O. The second-order valence-electron chi connectivity index (χ2n) is 3.78. The van der Waals surface area contributed by atoms with E-state index in [1.807, 2.05) is 18.2 Å². The number of hydrogen-bond donors (Lipinski definition) is 2. The molecule has 0 aliphatic rings. The van der Waals surface area contributed by atoms with Crippen LogP contribution in [0.15, 0.2) is 18.2 Å². The number of benzene rings is 1. The normalized spacial score (nSPS) is 10.5. The first-order chi connectivity index (χ1) is 7.67. The monoisotopic (exact) mass is 223 g/mol. The lowest BCUT2D eigenvalue weighted by Gasteiger charge is -2.15. The van der Waals surface area contributed by atoms with E-state index in [0.29, 0.717) is 11.4 Å². The molecule has 0 saturated carbocycles. The van der Waals surface area contributed by atoms with Crippen LogP contribution in [0.2, 0.25) is 0 Å². The summed E-state index contributed by atoms with van der Waals surface area (Å²) in [4.78, 5) is 2.25. The number of rotatable bonds is 6. The van der Waals surface area contributed by atoms with E-state index in [2.05, 4.69) is 24.2 Å². The summed E-state index contributed by atoms with van der Waals surface area (Å²) in [5, 5.41) is 3.33. The summed E-state index contributed by atoms with van der Waals surface area (Å²) >= 11 is 0. The van der Waals surface area contributed by atoms with Crippen LogP contribution in [0, 0.1) is 0 Å². The average Bonchev–Trinajstić information content (AvgIpc) is 2.31. The van der Waals surface area contributed by atoms with Crippen molar-refractivity contribution in [3.05, 3.63) is 18.2 Å². The van der Waals surface area contributed by atoms with Gasteiger partial charge in [0.15, 0.2) is 0 Å². The summed E-state index contributed by atoms with van der Waals surface area (Å²) in [5.74, 6) is 0.717. The van der Waals surface area contributed by atoms with Crippen molar-refractivity contribution in [1.29, 1.82) is 0 Å². The van der Waals surface area contributed by atoms with Crippen LogP contribution in [0.4, 0.5) is 11.4 Å². The molecule has 0 saturated heterocycles. The fraction of sp³-hybridized carbons (Fsp3) is 0.500. The molecule has 1 aromatic carbocycles. The molecule has 0 amide bonds. The second kappa shape index (κ2) is 6.23. The predicted molar refractivity (Wildman–Crippen MR) is 69.1 cm³/mol. The molecule has 3 N–H and O–H groups in total. The molecular weight excluding hydrogens is 202 g/mol. The molecule has 0 atom stereocenters. The van der Waals surface area contributed by atoms with Gasteiger partial charge in [0, 0.05) is 24.8 Å². The first-order valence-electron chi connectivity index (χ1n) is 5.53. The van der Waals surface area contributed by atoms with Crippen LogP contribution in [0.1, 0.15) is 6.92 Å². The van der Waals surface area contributed by atoms with E-state index in [9.17, 15) is 0 Å². The van der Waals surface area contributed by atoms with E-state index in [4.69, 9.17) is 10.5 Å². The smallest absolute Gasteiger partial charge is 0.143 e. The zero-order valence-electron chi connectivity index (χ0n) is 10.3. The molecule has 0 aliphatic heterocycles. The van der Waals surface area contributed by atoms with Crippen molar-refractivity contribution in [2.45, 2.75) is 6.92 Å². The van der Waals surface area contributed by atoms with Gasteiger partial charge in [-0.25, -0.2) is 0 Å². The molecule has 0 aliphatic carbocycles. The van der Waals surface area contributed by atoms with E-state index >= 15 is 0 Å². The van der Waals surface area contributed by atoms with Gasteiger partial charge in [0.2, 0.25) is 0 Å². The lowest BCUT2D eigenvalue weighted by atomic mass is 10.2. The summed E-state index contributed by atoms with van der Waals surface area (Å²) in [6.45, 7) is 5.14. The summed E-state index contributed by atoms with van der Waals surface area (Å²) in [5.41, 5.74) is 7.44. The lowest BCUT2D eigenvalue weighted by Crippen LogP contribution is -2.24. The van der Waals surface area contributed by atoms with Gasteiger partial charge in [0.1, 0.15) is 5.75 Å². The fourth-order valence-electron chi connectivity index (χ4n) is 1.37. The van der Waals surface area contributed by atoms with Crippen molar-refractivity contribution < 1.29 is 4.74 Å². The zero-order chi connectivity index (χ0) is 12.0. The highest BCUT2D eigenvalue weighted by Gasteiger charge is 2.00. The fourth-order valence-corrected chi connectivity index (χ4v) is 1.37. The second-order valence-corrected chi connectivity index (χ2v) is 3.78. The van der Waals surface area contributed by atoms with Gasteiger partial charge in [-0.05, 0) is 25.7 Å². The highest BCUT2D eigenvalue weighted by molar-refractivity contribution is 5.61. The van der Waals surface area contributed by atoms with Crippen molar-refractivity contribution >= 4 is 11.4 Å². The summed E-state index contributed by atoms with van der Waals surface area (Å²) in [6.07, 6.45) is 0. The number of likely N-dealkylation sites (N-methyl/N-ethyl adjacent to an activating group) is 1. The molecule has 1 aromatic rings.